The van der Waals surface area contributed by atoms with Gasteiger partial charge in [-0.1, -0.05) is 65.8 Å². The van der Waals surface area contributed by atoms with Gasteiger partial charge in [-0.3, -0.25) is 0 Å². The Morgan fingerprint density at radius 1 is 0.836 bits per heavy atom. The van der Waals surface area contributed by atoms with Gasteiger partial charge in [0.1, 0.15) is 24.5 Å². The molecule has 3 heterocycles. The van der Waals surface area contributed by atoms with Gasteiger partial charge in [-0.05, 0) is 47.7 Å². The van der Waals surface area contributed by atoms with Gasteiger partial charge in [-0.25, -0.2) is 19.2 Å². The molecule has 61 heavy (non-hydrogen) atoms. The van der Waals surface area contributed by atoms with Crippen LogP contribution >= 0.6 is 0 Å². The first-order chi connectivity index (χ1) is 29.4. The van der Waals surface area contributed by atoms with Crippen molar-refractivity contribution >= 4 is 35.0 Å². The van der Waals surface area contributed by atoms with Gasteiger partial charge in [0.2, 0.25) is 5.60 Å². The first-order valence-electron chi connectivity index (χ1n) is 20.4. The Morgan fingerprint density at radius 2 is 1.57 bits per heavy atom. The summed E-state index contributed by atoms with van der Waals surface area (Å²) in [5, 5.41) is 3.62. The van der Waals surface area contributed by atoms with Crippen molar-refractivity contribution in [2.45, 2.75) is 81.0 Å². The molecule has 1 aromatic heterocycles. The number of nitrogens with one attached hydrogen (secondary N) is 1. The van der Waals surface area contributed by atoms with Crippen LogP contribution in [-0.2, 0) is 50.1 Å². The number of halogens is 3. The summed E-state index contributed by atoms with van der Waals surface area (Å²) in [4.78, 5) is 65.8. The number of aromatic amines is 1. The number of ether oxygens (including phenoxy) is 6. The van der Waals surface area contributed by atoms with Crippen molar-refractivity contribution in [3.05, 3.63) is 107 Å². The summed E-state index contributed by atoms with van der Waals surface area (Å²) in [6.07, 6.45) is -0.241. The molecule has 322 valence electrons. The molecule has 2 saturated heterocycles. The predicted octanol–water partition coefficient (Wildman–Crippen LogP) is 7.02. The van der Waals surface area contributed by atoms with Gasteiger partial charge in [0, 0.05) is 61.0 Å². The SMILES string of the molecule is O=NCCc1c[nH]c2ccc(OC(=O)OCC(=O)OCOC(C(=O)OC3CC4CC3C3CCC3[N+]43CCCC3COC(=O)C(F)(F)F)(c3ccccc3)c3ccccc3)cc12. The molecule has 17 heteroatoms. The average Bonchev–Trinajstić information content (AvgIpc) is 3.96. The zero-order valence-corrected chi connectivity index (χ0v) is 33.1. The van der Waals surface area contributed by atoms with E-state index < -0.39 is 55.3 Å². The van der Waals surface area contributed by atoms with Crippen LogP contribution in [0.3, 0.4) is 0 Å². The van der Waals surface area contributed by atoms with Gasteiger partial charge in [0.05, 0.1) is 25.2 Å². The molecule has 4 aromatic rings. The highest BCUT2D eigenvalue weighted by Crippen LogP contribution is 2.59. The van der Waals surface area contributed by atoms with E-state index in [9.17, 15) is 37.3 Å². The molecule has 0 radical (unpaired) electrons. The summed E-state index contributed by atoms with van der Waals surface area (Å²) in [5.41, 5.74) is 0.468. The summed E-state index contributed by atoms with van der Waals surface area (Å²) < 4.78 is 73.2. The molecule has 7 unspecified atom stereocenters. The molecule has 1 spiro atoms. The number of piperidine rings is 1. The maximum atomic E-state index is 14.9. The van der Waals surface area contributed by atoms with E-state index in [1.165, 1.54) is 6.07 Å². The molecule has 3 aromatic carbocycles. The quantitative estimate of drug-likeness (QED) is 0.0326. The smallest absolute Gasteiger partial charge is 0.459 e. The standard InChI is InChI=1S/C44H45F3N3O11/c45-44(46,47)41(53)56-24-30-12-7-19-50(30)31-20-35(33-14-16-37(33)50)38(21-31)61-40(52)43(28-8-3-1-4-9-28,29-10-5-2-6-11-29)59-26-58-39(51)25-57-42(54)60-32-13-15-36-34(22-32)27(23-48-36)17-18-49-55/h1-6,8-11,13,15,22-23,30-31,33,35,37-38,48H,7,12,14,16-21,24-26H2/q+1. The largest absolute Gasteiger partial charge is 0.514 e. The number of carbonyl (C=O) groups excluding carboxylic acids is 4. The molecule has 8 rings (SSSR count). The van der Waals surface area contributed by atoms with Crippen molar-refractivity contribution in [2.24, 2.45) is 17.0 Å². The van der Waals surface area contributed by atoms with E-state index in [0.717, 1.165) is 42.3 Å². The van der Waals surface area contributed by atoms with Crippen LogP contribution < -0.4 is 4.74 Å². The highest BCUT2D eigenvalue weighted by atomic mass is 19.4. The minimum atomic E-state index is -5.07. The van der Waals surface area contributed by atoms with Crippen LogP contribution in [-0.4, -0.2) is 97.0 Å². The number of carbonyl (C=O) groups is 4. The highest BCUT2D eigenvalue weighted by Gasteiger charge is 2.68. The molecular weight excluding hydrogens is 803 g/mol. The molecule has 2 bridgehead atoms. The van der Waals surface area contributed by atoms with Crippen LogP contribution in [0.2, 0.25) is 0 Å². The summed E-state index contributed by atoms with van der Waals surface area (Å²) in [6, 6.07) is 22.0. The van der Waals surface area contributed by atoms with Crippen molar-refractivity contribution in [1.29, 1.82) is 0 Å². The second-order valence-electron chi connectivity index (χ2n) is 16.1. The third-order valence-electron chi connectivity index (χ3n) is 13.2. The Kier molecular flexibility index (Phi) is 11.9. The van der Waals surface area contributed by atoms with Gasteiger partial charge >= 0.3 is 30.2 Å². The van der Waals surface area contributed by atoms with E-state index in [1.54, 1.807) is 79.0 Å². The normalized spacial score (nSPS) is 25.3. The third-order valence-corrected chi connectivity index (χ3v) is 13.2. The summed E-state index contributed by atoms with van der Waals surface area (Å²) in [5.74, 6) is -3.57. The Labute approximate surface area is 348 Å². The number of hydrogen-bond donors (Lipinski definition) is 1. The molecule has 1 N–H and O–H groups in total. The molecule has 2 saturated carbocycles. The number of quaternary nitrogens is 1. The number of H-pyrrole nitrogens is 1. The first kappa shape index (κ1) is 41.9. The Morgan fingerprint density at radius 3 is 2.25 bits per heavy atom. The van der Waals surface area contributed by atoms with Crippen molar-refractivity contribution < 1.29 is 65.3 Å². The maximum Gasteiger partial charge on any atom is 0.514 e. The topological polar surface area (TPSA) is 169 Å². The lowest BCUT2D eigenvalue weighted by Gasteiger charge is -2.60. The summed E-state index contributed by atoms with van der Waals surface area (Å²) >= 11 is 0. The fraction of sp³-hybridized carbons (Fsp3) is 0.455. The van der Waals surface area contributed by atoms with E-state index in [1.807, 2.05) is 0 Å². The molecule has 14 nitrogen and oxygen atoms in total. The van der Waals surface area contributed by atoms with Gasteiger partial charge in [0.15, 0.2) is 13.4 Å². The second-order valence-corrected chi connectivity index (χ2v) is 16.1. The molecular formula is C44H45F3N3O11+. The van der Waals surface area contributed by atoms with Crippen LogP contribution in [0.15, 0.2) is 90.2 Å². The van der Waals surface area contributed by atoms with E-state index in [2.05, 4.69) is 10.2 Å². The van der Waals surface area contributed by atoms with Crippen molar-refractivity contribution in [1.82, 2.24) is 4.98 Å². The highest BCUT2D eigenvalue weighted by molar-refractivity contribution is 5.87. The fourth-order valence-electron chi connectivity index (χ4n) is 10.5. The van der Waals surface area contributed by atoms with Gasteiger partial charge in [-0.15, -0.1) is 0 Å². The number of alkyl halides is 3. The van der Waals surface area contributed by atoms with E-state index >= 15 is 0 Å². The van der Waals surface area contributed by atoms with Crippen LogP contribution in [0.4, 0.5) is 18.0 Å². The number of fused-ring (bicyclic) bond motifs is 7. The van der Waals surface area contributed by atoms with Crippen molar-refractivity contribution in [3.63, 3.8) is 0 Å². The van der Waals surface area contributed by atoms with Gasteiger partial charge < -0.3 is 37.9 Å². The van der Waals surface area contributed by atoms with Crippen LogP contribution in [0.25, 0.3) is 10.9 Å². The summed E-state index contributed by atoms with van der Waals surface area (Å²) in [7, 11) is 0. The fourth-order valence-corrected chi connectivity index (χ4v) is 10.5. The number of nitroso groups, excluding NO2 is 1. The number of rotatable bonds is 15. The van der Waals surface area contributed by atoms with Crippen molar-refractivity contribution in [3.8, 4) is 5.75 Å². The summed E-state index contributed by atoms with van der Waals surface area (Å²) in [6.45, 7) is -1.05. The third kappa shape index (κ3) is 8.08. The second kappa shape index (κ2) is 17.3. The average molecular weight is 849 g/mol. The number of nitrogens with zero attached hydrogens (tertiary/aromatic N) is 2. The minimum absolute atomic E-state index is 0.00201. The zero-order chi connectivity index (χ0) is 42.8. The Balaban J connectivity index is 0.953. The van der Waals surface area contributed by atoms with Crippen LogP contribution in [0.5, 0.6) is 5.75 Å². The molecule has 2 aliphatic heterocycles. The van der Waals surface area contributed by atoms with E-state index in [0.29, 0.717) is 41.3 Å². The van der Waals surface area contributed by atoms with Crippen LogP contribution in [0, 0.1) is 16.7 Å². The van der Waals surface area contributed by atoms with E-state index in [4.69, 9.17) is 28.4 Å². The first-order valence-corrected chi connectivity index (χ1v) is 20.4. The van der Waals surface area contributed by atoms with Crippen LogP contribution in [0.1, 0.15) is 55.2 Å². The lowest BCUT2D eigenvalue weighted by atomic mass is 9.65. The molecule has 4 fully saturated rings. The number of aromatic nitrogens is 1. The monoisotopic (exact) mass is 848 g/mol. The van der Waals surface area contributed by atoms with Crippen molar-refractivity contribution in [2.75, 3.05) is 33.1 Å². The molecule has 0 amide bonds. The zero-order valence-electron chi connectivity index (χ0n) is 33.1. The molecule has 2 aliphatic carbocycles. The minimum Gasteiger partial charge on any atom is -0.459 e. The maximum absolute atomic E-state index is 14.9. The Hall–Kier alpha value is -5.81. The Bertz CT molecular complexity index is 2210. The van der Waals surface area contributed by atoms with E-state index in [-0.39, 0.29) is 48.9 Å². The van der Waals surface area contributed by atoms with Gasteiger partial charge in [0.25, 0.3) is 0 Å². The lowest BCUT2D eigenvalue weighted by molar-refractivity contribution is -0.996. The lowest BCUT2D eigenvalue weighted by Crippen LogP contribution is -2.71. The molecule has 7 atom stereocenters. The number of hydrogen-bond acceptors (Lipinski definition) is 12. The number of benzene rings is 3. The van der Waals surface area contributed by atoms with Gasteiger partial charge in [-0.2, -0.15) is 18.1 Å². The number of esters is 3. The molecule has 4 aliphatic rings. The predicted molar refractivity (Wildman–Crippen MR) is 208 cm³/mol.